The van der Waals surface area contributed by atoms with Gasteiger partial charge in [0.2, 0.25) is 6.35 Å². The first-order valence-electron chi connectivity index (χ1n) is 7.57. The zero-order chi connectivity index (χ0) is 17.3. The predicted molar refractivity (Wildman–Crippen MR) is 94.9 cm³/mol. The van der Waals surface area contributed by atoms with Crippen LogP contribution >= 0.6 is 0 Å². The minimum absolute atomic E-state index is 0.717. The van der Waals surface area contributed by atoms with Crippen LogP contribution < -0.4 is 0 Å². The van der Waals surface area contributed by atoms with Gasteiger partial charge >= 0.3 is 0 Å². The van der Waals surface area contributed by atoms with E-state index in [0.717, 1.165) is 28.8 Å². The molecule has 0 unspecified atom stereocenters. The number of hydrogen-bond donors (Lipinski definition) is 0. The molecule has 1 aliphatic rings. The number of nitrogens with zero attached hydrogens (tertiary/aromatic N) is 2. The van der Waals surface area contributed by atoms with Crippen molar-refractivity contribution in [1.29, 1.82) is 0 Å². The van der Waals surface area contributed by atoms with E-state index in [0.29, 0.717) is 0 Å². The maximum Gasteiger partial charge on any atom is 0.267 e. The molecule has 1 aliphatic heterocycles. The van der Waals surface area contributed by atoms with E-state index in [1.165, 1.54) is 0 Å². The fourth-order valence-corrected chi connectivity index (χ4v) is 3.54. The number of benzene rings is 2. The Labute approximate surface area is 142 Å². The summed E-state index contributed by atoms with van der Waals surface area (Å²) in [6.07, 6.45) is 0.350. The second-order valence-electron chi connectivity index (χ2n) is 5.78. The fourth-order valence-electron chi connectivity index (χ4n) is 2.97. The quantitative estimate of drug-likeness (QED) is 0.798. The van der Waals surface area contributed by atoms with Crippen molar-refractivity contribution in [2.45, 2.75) is 6.35 Å². The van der Waals surface area contributed by atoms with Crippen LogP contribution in [0, 0.1) is 0 Å². The van der Waals surface area contributed by atoms with Crippen molar-refractivity contribution < 1.29 is 12.6 Å². The monoisotopic (exact) mass is 344 g/mol. The summed E-state index contributed by atoms with van der Waals surface area (Å²) in [5, 5.41) is 0. The summed E-state index contributed by atoms with van der Waals surface area (Å²) in [6.45, 7) is 0. The average Bonchev–Trinajstić information content (AvgIpc) is 2.80. The van der Waals surface area contributed by atoms with E-state index >= 15 is 0 Å². The third kappa shape index (κ3) is 3.16. The SMILES string of the molecule is CN1C(c2ccccc2)=C(c2ccccc2)N(C)C1OS(C)(=O)=O. The highest BCUT2D eigenvalue weighted by Crippen LogP contribution is 2.39. The molecule has 0 radical (unpaired) electrons. The fraction of sp³-hybridized carbons (Fsp3) is 0.222. The van der Waals surface area contributed by atoms with Crippen molar-refractivity contribution >= 4 is 21.5 Å². The van der Waals surface area contributed by atoms with Gasteiger partial charge in [0.25, 0.3) is 10.1 Å². The van der Waals surface area contributed by atoms with Crippen LogP contribution in [0.1, 0.15) is 11.1 Å². The van der Waals surface area contributed by atoms with Crippen molar-refractivity contribution in [3.05, 3.63) is 71.8 Å². The van der Waals surface area contributed by atoms with E-state index < -0.39 is 16.5 Å². The Morgan fingerprint density at radius 3 is 1.50 bits per heavy atom. The molecule has 0 fully saturated rings. The Hall–Kier alpha value is -2.31. The van der Waals surface area contributed by atoms with Crippen molar-refractivity contribution in [2.75, 3.05) is 20.4 Å². The molecule has 2 aromatic rings. The van der Waals surface area contributed by atoms with Crippen molar-refractivity contribution in [1.82, 2.24) is 9.80 Å². The van der Waals surface area contributed by atoms with Crippen LogP contribution in [-0.4, -0.2) is 44.9 Å². The summed E-state index contributed by atoms with van der Waals surface area (Å²) in [6, 6.07) is 19.8. The van der Waals surface area contributed by atoms with E-state index in [-0.39, 0.29) is 0 Å². The average molecular weight is 344 g/mol. The third-order valence-corrected chi connectivity index (χ3v) is 4.47. The summed E-state index contributed by atoms with van der Waals surface area (Å²) < 4.78 is 28.7. The zero-order valence-corrected chi connectivity index (χ0v) is 14.7. The summed E-state index contributed by atoms with van der Waals surface area (Å²) >= 11 is 0. The molecule has 0 aliphatic carbocycles. The van der Waals surface area contributed by atoms with Gasteiger partial charge in [-0.25, -0.2) is 4.18 Å². The highest BCUT2D eigenvalue weighted by Gasteiger charge is 2.37. The lowest BCUT2D eigenvalue weighted by molar-refractivity contribution is 0.0137. The molecule has 0 amide bonds. The van der Waals surface area contributed by atoms with Crippen LogP contribution in [0.3, 0.4) is 0 Å². The number of rotatable bonds is 4. The third-order valence-electron chi connectivity index (χ3n) is 3.95. The largest absolute Gasteiger partial charge is 0.329 e. The van der Waals surface area contributed by atoms with Gasteiger partial charge in [-0.1, -0.05) is 60.7 Å². The minimum Gasteiger partial charge on any atom is -0.329 e. The van der Waals surface area contributed by atoms with Gasteiger partial charge in [0.1, 0.15) is 0 Å². The Balaban J connectivity index is 2.15. The van der Waals surface area contributed by atoms with Crippen LogP contribution in [0.4, 0.5) is 0 Å². The molecule has 0 spiro atoms. The molecule has 1 heterocycles. The summed E-state index contributed by atoms with van der Waals surface area (Å²) in [5.74, 6) is 0. The van der Waals surface area contributed by atoms with E-state index in [9.17, 15) is 8.42 Å². The molecule has 5 nitrogen and oxygen atoms in total. The van der Waals surface area contributed by atoms with Crippen molar-refractivity contribution in [3.8, 4) is 0 Å². The van der Waals surface area contributed by atoms with E-state index in [1.807, 2.05) is 84.6 Å². The lowest BCUT2D eigenvalue weighted by Crippen LogP contribution is -2.39. The Kier molecular flexibility index (Phi) is 4.34. The smallest absolute Gasteiger partial charge is 0.267 e. The molecule has 0 bridgehead atoms. The first-order chi connectivity index (χ1) is 11.4. The predicted octanol–water partition coefficient (Wildman–Crippen LogP) is 2.65. The standard InChI is InChI=1S/C18H20N2O3S/c1-19-16(14-10-6-4-7-11-14)17(15-12-8-5-9-13-15)20(2)18(19)23-24(3,21)22/h4-13,18H,1-3H3. The van der Waals surface area contributed by atoms with Gasteiger partial charge in [0, 0.05) is 25.2 Å². The van der Waals surface area contributed by atoms with Gasteiger partial charge in [0.05, 0.1) is 17.6 Å². The van der Waals surface area contributed by atoms with Gasteiger partial charge < -0.3 is 9.80 Å². The van der Waals surface area contributed by atoms with Crippen LogP contribution in [0.2, 0.25) is 0 Å². The minimum atomic E-state index is -3.59. The van der Waals surface area contributed by atoms with Crippen molar-refractivity contribution in [2.24, 2.45) is 0 Å². The van der Waals surface area contributed by atoms with Crippen LogP contribution in [0.5, 0.6) is 0 Å². The van der Waals surface area contributed by atoms with Crippen LogP contribution in [0.25, 0.3) is 11.4 Å². The molecule has 0 atom stereocenters. The molecule has 0 N–H and O–H groups in total. The van der Waals surface area contributed by atoms with E-state index in [4.69, 9.17) is 4.18 Å². The van der Waals surface area contributed by atoms with Gasteiger partial charge in [-0.2, -0.15) is 8.42 Å². The molecule has 0 saturated carbocycles. The van der Waals surface area contributed by atoms with Crippen molar-refractivity contribution in [3.63, 3.8) is 0 Å². The summed E-state index contributed by atoms with van der Waals surface area (Å²) in [5.41, 5.74) is 3.87. The maximum atomic E-state index is 11.7. The first-order valence-corrected chi connectivity index (χ1v) is 9.39. The summed E-state index contributed by atoms with van der Waals surface area (Å²) in [7, 11) is 0.0812. The van der Waals surface area contributed by atoms with Crippen LogP contribution in [-0.2, 0) is 14.3 Å². The lowest BCUT2D eigenvalue weighted by Gasteiger charge is -2.28. The Morgan fingerprint density at radius 1 is 0.792 bits per heavy atom. The van der Waals surface area contributed by atoms with Gasteiger partial charge in [-0.3, -0.25) is 0 Å². The molecule has 3 rings (SSSR count). The molecule has 126 valence electrons. The highest BCUT2D eigenvalue weighted by atomic mass is 32.2. The zero-order valence-electron chi connectivity index (χ0n) is 13.9. The lowest BCUT2D eigenvalue weighted by atomic mass is 10.1. The maximum absolute atomic E-state index is 11.7. The van der Waals surface area contributed by atoms with Gasteiger partial charge in [-0.15, -0.1) is 0 Å². The van der Waals surface area contributed by atoms with Crippen LogP contribution in [0.15, 0.2) is 60.7 Å². The van der Waals surface area contributed by atoms with Gasteiger partial charge in [-0.05, 0) is 0 Å². The molecule has 6 heteroatoms. The second kappa shape index (κ2) is 6.30. The molecule has 2 aromatic carbocycles. The number of hydrogen-bond acceptors (Lipinski definition) is 5. The molecule has 0 saturated heterocycles. The first kappa shape index (κ1) is 16.5. The van der Waals surface area contributed by atoms with E-state index in [1.54, 1.807) is 0 Å². The molecular formula is C18H20N2O3S. The highest BCUT2D eigenvalue weighted by molar-refractivity contribution is 7.86. The second-order valence-corrected chi connectivity index (χ2v) is 7.38. The Bertz CT molecular complexity index is 793. The molecule has 24 heavy (non-hydrogen) atoms. The van der Waals surface area contributed by atoms with Gasteiger partial charge in [0.15, 0.2) is 0 Å². The molecular weight excluding hydrogens is 324 g/mol. The summed E-state index contributed by atoms with van der Waals surface area (Å²) in [4.78, 5) is 3.69. The topological polar surface area (TPSA) is 49.9 Å². The molecule has 0 aromatic heterocycles. The normalized spacial score (nSPS) is 16.1. The van der Waals surface area contributed by atoms with E-state index in [2.05, 4.69) is 0 Å². The Morgan fingerprint density at radius 2 is 1.17 bits per heavy atom.